The fourth-order valence-electron chi connectivity index (χ4n) is 1.28. The average molecular weight is 262 g/mol. The molecule has 0 aliphatic rings. The molecule has 0 aromatic carbocycles. The minimum atomic E-state index is -0.572. The summed E-state index contributed by atoms with van der Waals surface area (Å²) in [7, 11) is 1.57. The molecule has 0 N–H and O–H groups in total. The van der Waals surface area contributed by atoms with Crippen molar-refractivity contribution in [3.63, 3.8) is 0 Å². The fourth-order valence-corrected chi connectivity index (χ4v) is 1.28. The summed E-state index contributed by atoms with van der Waals surface area (Å²) in [6.45, 7) is 0.377. The van der Waals surface area contributed by atoms with Crippen molar-refractivity contribution in [2.75, 3.05) is 7.11 Å². The topological polar surface area (TPSA) is 104 Å². The molecule has 0 fully saturated rings. The van der Waals surface area contributed by atoms with Crippen LogP contribution < -0.4 is 0 Å². The van der Waals surface area contributed by atoms with Crippen LogP contribution in [0.1, 0.15) is 11.5 Å². The van der Waals surface area contributed by atoms with Gasteiger partial charge in [-0.25, -0.2) is 15.0 Å². The third-order valence-electron chi connectivity index (χ3n) is 2.11. The Labute approximate surface area is 107 Å². The molecule has 0 aliphatic carbocycles. The molecule has 0 unspecified atom stereocenters. The second-order valence-electron chi connectivity index (χ2n) is 3.49. The Morgan fingerprint density at radius 3 is 2.84 bits per heavy atom. The second-order valence-corrected chi connectivity index (χ2v) is 3.49. The molecule has 98 valence electrons. The van der Waals surface area contributed by atoms with Crippen LogP contribution in [0.5, 0.6) is 0 Å². The molecular weight excluding hydrogens is 252 g/mol. The van der Waals surface area contributed by atoms with E-state index in [0.29, 0.717) is 18.1 Å². The van der Waals surface area contributed by atoms with Gasteiger partial charge < -0.3 is 9.15 Å². The largest absolute Gasteiger partial charge is 0.458 e. The molecule has 0 bridgehead atoms. The lowest BCUT2D eigenvalue weighted by atomic mass is 10.4. The molecule has 8 nitrogen and oxygen atoms in total. The lowest BCUT2D eigenvalue weighted by Gasteiger charge is -1.92. The van der Waals surface area contributed by atoms with Crippen molar-refractivity contribution in [2.45, 2.75) is 6.61 Å². The number of aromatic nitrogens is 2. The minimum absolute atomic E-state index is 0.121. The smallest absolute Gasteiger partial charge is 0.305 e. The summed E-state index contributed by atoms with van der Waals surface area (Å²) in [6.07, 6.45) is 3.62. The summed E-state index contributed by atoms with van der Waals surface area (Å²) in [5, 5.41) is 10.4. The van der Waals surface area contributed by atoms with E-state index in [1.165, 1.54) is 6.21 Å². The van der Waals surface area contributed by atoms with Gasteiger partial charge in [-0.05, 0) is 12.1 Å². The van der Waals surface area contributed by atoms with Crippen LogP contribution >= 0.6 is 0 Å². The van der Waals surface area contributed by atoms with Gasteiger partial charge in [0, 0.05) is 7.11 Å². The highest BCUT2D eigenvalue weighted by molar-refractivity contribution is 5.77. The predicted molar refractivity (Wildman–Crippen MR) is 65.4 cm³/mol. The maximum Gasteiger partial charge on any atom is 0.305 e. The highest BCUT2D eigenvalue weighted by Crippen LogP contribution is 2.11. The molecule has 0 spiro atoms. The molecule has 19 heavy (non-hydrogen) atoms. The van der Waals surface area contributed by atoms with Crippen LogP contribution in [-0.4, -0.2) is 28.2 Å². The van der Waals surface area contributed by atoms with Crippen LogP contribution in [0.4, 0.5) is 11.6 Å². The zero-order chi connectivity index (χ0) is 13.7. The van der Waals surface area contributed by atoms with Gasteiger partial charge in [0.1, 0.15) is 30.5 Å². The molecule has 0 atom stereocenters. The van der Waals surface area contributed by atoms with E-state index in [0.717, 1.165) is 12.4 Å². The Morgan fingerprint density at radius 1 is 1.47 bits per heavy atom. The van der Waals surface area contributed by atoms with Crippen LogP contribution in [0.15, 0.2) is 33.9 Å². The van der Waals surface area contributed by atoms with Crippen molar-refractivity contribution in [1.82, 2.24) is 9.97 Å². The van der Waals surface area contributed by atoms with E-state index in [4.69, 9.17) is 9.15 Å². The van der Waals surface area contributed by atoms with E-state index in [9.17, 15) is 10.1 Å². The van der Waals surface area contributed by atoms with E-state index in [1.807, 2.05) is 0 Å². The van der Waals surface area contributed by atoms with Crippen LogP contribution in [0.2, 0.25) is 0 Å². The van der Waals surface area contributed by atoms with Gasteiger partial charge in [-0.3, -0.25) is 10.1 Å². The number of hydrogen-bond acceptors (Lipinski definition) is 7. The van der Waals surface area contributed by atoms with Crippen LogP contribution in [0.25, 0.3) is 0 Å². The number of furan rings is 1. The quantitative estimate of drug-likeness (QED) is 0.463. The van der Waals surface area contributed by atoms with Gasteiger partial charge in [-0.15, -0.1) is 0 Å². The molecular formula is C11H10N4O4. The molecule has 2 heterocycles. The molecule has 0 saturated heterocycles. The number of nitrogens with zero attached hydrogens (tertiary/aromatic N) is 4. The summed E-state index contributed by atoms with van der Waals surface area (Å²) in [6, 6.07) is 3.49. The summed E-state index contributed by atoms with van der Waals surface area (Å²) in [5.74, 6) is 1.32. The second kappa shape index (κ2) is 5.83. The molecule has 2 aromatic rings. The normalized spacial score (nSPS) is 11.0. The standard InChI is InChI=1S/C11H10N4O4/c1-18-7-10-3-2-9(19-10)6-14-11-12-4-8(5-13-11)15(16)17/h2-6H,7H2,1H3. The molecule has 0 amide bonds. The summed E-state index contributed by atoms with van der Waals surface area (Å²) in [4.78, 5) is 21.3. The van der Waals surface area contributed by atoms with Gasteiger partial charge in [-0.1, -0.05) is 0 Å². The SMILES string of the molecule is COCc1ccc(C=Nc2ncc([N+](=O)[O-])cn2)o1. The zero-order valence-corrected chi connectivity index (χ0v) is 10.0. The maximum absolute atomic E-state index is 10.4. The Morgan fingerprint density at radius 2 is 2.21 bits per heavy atom. The van der Waals surface area contributed by atoms with E-state index >= 15 is 0 Å². The monoisotopic (exact) mass is 262 g/mol. The van der Waals surface area contributed by atoms with E-state index < -0.39 is 4.92 Å². The van der Waals surface area contributed by atoms with Crippen LogP contribution in [-0.2, 0) is 11.3 Å². The third kappa shape index (κ3) is 3.42. The molecule has 0 radical (unpaired) electrons. The number of aliphatic imine (C=N–C) groups is 1. The van der Waals surface area contributed by atoms with E-state index in [-0.39, 0.29) is 11.6 Å². The summed E-state index contributed by atoms with van der Waals surface area (Å²) >= 11 is 0. The minimum Gasteiger partial charge on any atom is -0.458 e. The fraction of sp³-hybridized carbons (Fsp3) is 0.182. The summed E-state index contributed by atoms with van der Waals surface area (Å²) in [5.41, 5.74) is -0.181. The highest BCUT2D eigenvalue weighted by atomic mass is 16.6. The number of rotatable bonds is 5. The van der Waals surface area contributed by atoms with Crippen molar-refractivity contribution >= 4 is 17.9 Å². The third-order valence-corrected chi connectivity index (χ3v) is 2.11. The predicted octanol–water partition coefficient (Wildman–Crippen LogP) is 1.87. The van der Waals surface area contributed by atoms with Gasteiger partial charge in [0.2, 0.25) is 5.95 Å². The van der Waals surface area contributed by atoms with Crippen molar-refractivity contribution in [3.05, 3.63) is 46.2 Å². The maximum atomic E-state index is 10.4. The van der Waals surface area contributed by atoms with E-state index in [2.05, 4.69) is 15.0 Å². The Hall–Kier alpha value is -2.61. The molecule has 8 heteroatoms. The zero-order valence-electron chi connectivity index (χ0n) is 10.0. The number of nitro groups is 1. The first kappa shape index (κ1) is 12.8. The van der Waals surface area contributed by atoms with Gasteiger partial charge in [0.05, 0.1) is 11.1 Å². The lowest BCUT2D eigenvalue weighted by Crippen LogP contribution is -1.90. The lowest BCUT2D eigenvalue weighted by molar-refractivity contribution is -0.385. The summed E-state index contributed by atoms with van der Waals surface area (Å²) < 4.78 is 10.3. The van der Waals surface area contributed by atoms with Gasteiger partial charge in [0.15, 0.2) is 0 Å². The first-order chi connectivity index (χ1) is 9.19. The Kier molecular flexibility index (Phi) is 3.94. The van der Waals surface area contributed by atoms with Gasteiger partial charge in [0.25, 0.3) is 0 Å². The number of methoxy groups -OCH3 is 1. The van der Waals surface area contributed by atoms with Gasteiger partial charge in [-0.2, -0.15) is 0 Å². The first-order valence-electron chi connectivity index (χ1n) is 5.27. The number of hydrogen-bond donors (Lipinski definition) is 0. The molecule has 2 rings (SSSR count). The number of ether oxygens (including phenoxy) is 1. The van der Waals surface area contributed by atoms with Gasteiger partial charge >= 0.3 is 5.69 Å². The van der Waals surface area contributed by atoms with Crippen molar-refractivity contribution in [3.8, 4) is 0 Å². The molecule has 0 aliphatic heterocycles. The average Bonchev–Trinajstić information content (AvgIpc) is 2.85. The highest BCUT2D eigenvalue weighted by Gasteiger charge is 2.05. The molecule has 2 aromatic heterocycles. The van der Waals surface area contributed by atoms with Crippen molar-refractivity contribution in [1.29, 1.82) is 0 Å². The van der Waals surface area contributed by atoms with Crippen LogP contribution in [0.3, 0.4) is 0 Å². The Balaban J connectivity index is 2.06. The molecule has 0 saturated carbocycles. The van der Waals surface area contributed by atoms with E-state index in [1.54, 1.807) is 19.2 Å². The van der Waals surface area contributed by atoms with Crippen molar-refractivity contribution in [2.24, 2.45) is 4.99 Å². The Bertz CT molecular complexity index is 591. The van der Waals surface area contributed by atoms with Crippen molar-refractivity contribution < 1.29 is 14.1 Å². The van der Waals surface area contributed by atoms with Crippen LogP contribution in [0, 0.1) is 10.1 Å². The first-order valence-corrected chi connectivity index (χ1v) is 5.27.